The third kappa shape index (κ3) is 4.06. The lowest BCUT2D eigenvalue weighted by Crippen LogP contribution is -2.48. The summed E-state index contributed by atoms with van der Waals surface area (Å²) in [6.45, 7) is 2.11. The number of halogens is 1. The quantitative estimate of drug-likeness (QED) is 0.586. The summed E-state index contributed by atoms with van der Waals surface area (Å²) < 4.78 is 6.28. The fourth-order valence-corrected chi connectivity index (χ4v) is 5.05. The topological polar surface area (TPSA) is 91.9 Å². The maximum atomic E-state index is 12.0. The molecule has 0 bridgehead atoms. The predicted molar refractivity (Wildman–Crippen MR) is 124 cm³/mol. The van der Waals surface area contributed by atoms with Crippen molar-refractivity contribution < 1.29 is 4.74 Å². The van der Waals surface area contributed by atoms with Crippen molar-refractivity contribution in [2.45, 2.75) is 56.6 Å². The number of nitrogens with zero attached hydrogens (tertiary/aromatic N) is 1. The van der Waals surface area contributed by atoms with E-state index < -0.39 is 0 Å². The predicted octanol–water partition coefficient (Wildman–Crippen LogP) is 5.05. The number of benzene rings is 2. The van der Waals surface area contributed by atoms with E-state index in [4.69, 9.17) is 22.1 Å². The van der Waals surface area contributed by atoms with Crippen LogP contribution >= 0.6 is 11.6 Å². The van der Waals surface area contributed by atoms with Gasteiger partial charge < -0.3 is 15.5 Å². The highest BCUT2D eigenvalue weighted by atomic mass is 35.5. The molecule has 3 aromatic rings. The number of H-pyrrole nitrogens is 1. The van der Waals surface area contributed by atoms with E-state index in [0.29, 0.717) is 21.7 Å². The van der Waals surface area contributed by atoms with Crippen molar-refractivity contribution in [1.82, 2.24) is 4.98 Å². The van der Waals surface area contributed by atoms with Crippen molar-refractivity contribution in [3.8, 4) is 11.8 Å². The molecule has 0 aliphatic heterocycles. The first kappa shape index (κ1) is 21.4. The van der Waals surface area contributed by atoms with Crippen molar-refractivity contribution in [2.75, 3.05) is 0 Å². The van der Waals surface area contributed by atoms with Gasteiger partial charge in [-0.1, -0.05) is 30.7 Å². The van der Waals surface area contributed by atoms with E-state index >= 15 is 0 Å². The van der Waals surface area contributed by atoms with E-state index in [1.165, 1.54) is 0 Å². The Hall–Kier alpha value is -2.81. The molecule has 160 valence electrons. The Bertz CT molecular complexity index is 1190. The van der Waals surface area contributed by atoms with Crippen molar-refractivity contribution in [3.63, 3.8) is 0 Å². The highest BCUT2D eigenvalue weighted by Crippen LogP contribution is 2.44. The molecule has 2 aromatic carbocycles. The highest BCUT2D eigenvalue weighted by Gasteiger charge is 2.41. The summed E-state index contributed by atoms with van der Waals surface area (Å²) in [6, 6.07) is 15.4. The van der Waals surface area contributed by atoms with Crippen LogP contribution in [-0.2, 0) is 5.41 Å². The average molecular weight is 436 g/mol. The largest absolute Gasteiger partial charge is 0.489 e. The molecule has 6 heteroatoms. The second-order valence-corrected chi connectivity index (χ2v) is 8.76. The second-order valence-electron chi connectivity index (χ2n) is 8.36. The zero-order valence-corrected chi connectivity index (χ0v) is 18.3. The first-order valence-electron chi connectivity index (χ1n) is 10.7. The number of nitriles is 1. The standard InChI is InChI=1S/C25H26ClN3O2/c1-2-23(28)25(18-5-3-4-16(12-18)15-27)9-6-19(7-10-25)31-22-13-17-8-11-29-24(30)20(17)14-21(22)26/h3-5,8,11-14,19,23H,2,6-7,9-10,28H2,1H3,(H,29,30)/t19-,23-,25-/m1/s1. The number of hydrogen-bond donors (Lipinski definition) is 2. The van der Waals surface area contributed by atoms with Crippen molar-refractivity contribution in [1.29, 1.82) is 5.26 Å². The van der Waals surface area contributed by atoms with Crippen LogP contribution in [-0.4, -0.2) is 17.1 Å². The van der Waals surface area contributed by atoms with E-state index in [-0.39, 0.29) is 23.1 Å². The zero-order valence-electron chi connectivity index (χ0n) is 17.5. The minimum atomic E-state index is -0.165. The van der Waals surface area contributed by atoms with Crippen LogP contribution in [0, 0.1) is 11.3 Å². The molecule has 0 radical (unpaired) electrons. The van der Waals surface area contributed by atoms with Gasteiger partial charge in [0, 0.05) is 23.0 Å². The van der Waals surface area contributed by atoms with E-state index in [1.807, 2.05) is 30.3 Å². The van der Waals surface area contributed by atoms with Crippen LogP contribution < -0.4 is 16.0 Å². The molecule has 31 heavy (non-hydrogen) atoms. The smallest absolute Gasteiger partial charge is 0.255 e. The molecule has 5 nitrogen and oxygen atoms in total. The first-order chi connectivity index (χ1) is 15.0. The molecular formula is C25H26ClN3O2. The van der Waals surface area contributed by atoms with Gasteiger partial charge in [0.2, 0.25) is 0 Å². The summed E-state index contributed by atoms with van der Waals surface area (Å²) in [7, 11) is 0. The van der Waals surface area contributed by atoms with Gasteiger partial charge in [0.1, 0.15) is 5.75 Å². The molecule has 1 fully saturated rings. The molecule has 3 N–H and O–H groups in total. The Balaban J connectivity index is 1.56. The van der Waals surface area contributed by atoms with E-state index in [0.717, 1.165) is 43.1 Å². The fraction of sp³-hybridized carbons (Fsp3) is 0.360. The third-order valence-electron chi connectivity index (χ3n) is 6.66. The molecule has 1 aliphatic carbocycles. The van der Waals surface area contributed by atoms with Crippen molar-refractivity contribution >= 4 is 22.4 Å². The monoisotopic (exact) mass is 435 g/mol. The van der Waals surface area contributed by atoms with Gasteiger partial charge in [0.05, 0.1) is 22.8 Å². The van der Waals surface area contributed by atoms with E-state index in [1.54, 1.807) is 12.3 Å². The summed E-state index contributed by atoms with van der Waals surface area (Å²) in [5.41, 5.74) is 8.10. The Morgan fingerprint density at radius 3 is 2.77 bits per heavy atom. The number of rotatable bonds is 5. The number of aromatic nitrogens is 1. The average Bonchev–Trinajstić information content (AvgIpc) is 2.80. The number of nitrogens with two attached hydrogens (primary N) is 1. The number of nitrogens with one attached hydrogen (secondary N) is 1. The minimum absolute atomic E-state index is 0.0124. The summed E-state index contributed by atoms with van der Waals surface area (Å²) in [4.78, 5) is 14.7. The fourth-order valence-electron chi connectivity index (χ4n) is 4.85. The summed E-state index contributed by atoms with van der Waals surface area (Å²) in [6.07, 6.45) is 5.96. The lowest BCUT2D eigenvalue weighted by molar-refractivity contribution is 0.104. The normalized spacial score (nSPS) is 22.1. The molecule has 1 atom stereocenters. The number of ether oxygens (including phenoxy) is 1. The Morgan fingerprint density at radius 2 is 2.06 bits per heavy atom. The molecule has 0 spiro atoms. The summed E-state index contributed by atoms with van der Waals surface area (Å²) >= 11 is 6.42. The van der Waals surface area contributed by atoms with Crippen LogP contribution in [0.2, 0.25) is 5.02 Å². The number of hydrogen-bond acceptors (Lipinski definition) is 4. The van der Waals surface area contributed by atoms with Gasteiger partial charge in [-0.15, -0.1) is 0 Å². The molecule has 0 saturated heterocycles. The van der Waals surface area contributed by atoms with Gasteiger partial charge in [-0.2, -0.15) is 5.26 Å². The second kappa shape index (κ2) is 8.74. The van der Waals surface area contributed by atoms with Crippen molar-refractivity contribution in [3.05, 3.63) is 75.2 Å². The zero-order chi connectivity index (χ0) is 22.0. The van der Waals surface area contributed by atoms with Crippen LogP contribution in [0.25, 0.3) is 10.8 Å². The Kier molecular flexibility index (Phi) is 6.04. The molecule has 4 rings (SSSR count). The molecule has 1 saturated carbocycles. The van der Waals surface area contributed by atoms with Crippen LogP contribution in [0.1, 0.15) is 50.2 Å². The number of pyridine rings is 1. The first-order valence-corrected chi connectivity index (χ1v) is 11.1. The Labute approximate surface area is 186 Å². The van der Waals surface area contributed by atoms with E-state index in [9.17, 15) is 10.1 Å². The molecular weight excluding hydrogens is 410 g/mol. The molecule has 0 amide bonds. The molecule has 0 unspecified atom stereocenters. The Morgan fingerprint density at radius 1 is 1.29 bits per heavy atom. The maximum Gasteiger partial charge on any atom is 0.255 e. The maximum absolute atomic E-state index is 12.0. The van der Waals surface area contributed by atoms with Crippen LogP contribution in [0.15, 0.2) is 53.5 Å². The highest BCUT2D eigenvalue weighted by molar-refractivity contribution is 6.32. The minimum Gasteiger partial charge on any atom is -0.489 e. The lowest BCUT2D eigenvalue weighted by atomic mass is 9.63. The molecule has 1 heterocycles. The van der Waals surface area contributed by atoms with Gasteiger partial charge >= 0.3 is 0 Å². The lowest BCUT2D eigenvalue weighted by Gasteiger charge is -2.44. The molecule has 1 aliphatic rings. The summed E-state index contributed by atoms with van der Waals surface area (Å²) in [5, 5.41) is 11.1. The van der Waals surface area contributed by atoms with Gasteiger partial charge in [-0.3, -0.25) is 4.79 Å². The van der Waals surface area contributed by atoms with Gasteiger partial charge in [0.15, 0.2) is 0 Å². The van der Waals surface area contributed by atoms with E-state index in [2.05, 4.69) is 24.0 Å². The van der Waals surface area contributed by atoms with Gasteiger partial charge in [0.25, 0.3) is 5.56 Å². The molecule has 1 aromatic heterocycles. The summed E-state index contributed by atoms with van der Waals surface area (Å²) in [5.74, 6) is 0.600. The van der Waals surface area contributed by atoms with Crippen molar-refractivity contribution in [2.24, 2.45) is 5.73 Å². The van der Waals surface area contributed by atoms with Crippen LogP contribution in [0.3, 0.4) is 0 Å². The van der Waals surface area contributed by atoms with Gasteiger partial charge in [-0.05, 0) is 73.4 Å². The number of fused-ring (bicyclic) bond motifs is 1. The van der Waals surface area contributed by atoms with Crippen LogP contribution in [0.4, 0.5) is 0 Å². The third-order valence-corrected chi connectivity index (χ3v) is 6.96. The van der Waals surface area contributed by atoms with Crippen LogP contribution in [0.5, 0.6) is 5.75 Å². The number of aromatic amines is 1. The SMILES string of the molecule is CC[C@@H](N)[C@]1(c2cccc(C#N)c2)CC[C@@H](Oc2cc3cc[nH]c(=O)c3cc2Cl)CC1. The van der Waals surface area contributed by atoms with Gasteiger partial charge in [-0.25, -0.2) is 0 Å².